The van der Waals surface area contributed by atoms with E-state index in [0.29, 0.717) is 19.8 Å². The fourth-order valence-corrected chi connectivity index (χ4v) is 9.78. The molecule has 0 aromatic heterocycles. The Kier molecular flexibility index (Phi) is 8.58. The summed E-state index contributed by atoms with van der Waals surface area (Å²) in [6.07, 6.45) is 0. The predicted molar refractivity (Wildman–Crippen MR) is 67.6 cm³/mol. The van der Waals surface area contributed by atoms with Gasteiger partial charge in [0.1, 0.15) is 9.04 Å². The van der Waals surface area contributed by atoms with E-state index in [-0.39, 0.29) is 6.04 Å². The molecule has 92 valence electrons. The van der Waals surface area contributed by atoms with Gasteiger partial charge in [0.25, 0.3) is 0 Å². The van der Waals surface area contributed by atoms with Gasteiger partial charge in [-0.25, -0.2) is 0 Å². The molecule has 1 unspecified atom stereocenters. The van der Waals surface area contributed by atoms with Crippen LogP contribution in [-0.2, 0) is 13.3 Å². The lowest BCUT2D eigenvalue weighted by Crippen LogP contribution is -2.53. The second-order valence-corrected chi connectivity index (χ2v) is 10.9. The third-order valence-electron chi connectivity index (χ3n) is 2.00. The van der Waals surface area contributed by atoms with Crippen LogP contribution in [0, 0.1) is 0 Å². The minimum atomic E-state index is -2.30. The van der Waals surface area contributed by atoms with Crippen molar-refractivity contribution in [2.45, 2.75) is 39.8 Å². The molecule has 0 saturated carbocycles. The third-order valence-corrected chi connectivity index (χ3v) is 10.5. The van der Waals surface area contributed by atoms with Gasteiger partial charge in [-0.05, 0) is 32.9 Å². The molecule has 0 heterocycles. The van der Waals surface area contributed by atoms with Crippen molar-refractivity contribution >= 4 is 17.4 Å². The molecule has 0 aromatic rings. The van der Waals surface area contributed by atoms with E-state index in [0.717, 1.165) is 6.04 Å². The van der Waals surface area contributed by atoms with Crippen LogP contribution in [-0.4, -0.2) is 43.2 Å². The molecule has 0 aliphatic heterocycles. The first kappa shape index (κ1) is 15.3. The van der Waals surface area contributed by atoms with E-state index in [2.05, 4.69) is 0 Å². The van der Waals surface area contributed by atoms with E-state index in [1.165, 1.54) is 0 Å². The highest BCUT2D eigenvalue weighted by molar-refractivity contribution is 7.14. The SMILES string of the molecule is CCO[Si](OCC)(OCC)[SiH2]CC(C)N. The van der Waals surface area contributed by atoms with Crippen LogP contribution in [0.15, 0.2) is 0 Å². The van der Waals surface area contributed by atoms with E-state index in [1.807, 2.05) is 27.7 Å². The van der Waals surface area contributed by atoms with Gasteiger partial charge < -0.3 is 19.0 Å². The molecule has 4 nitrogen and oxygen atoms in total. The van der Waals surface area contributed by atoms with Gasteiger partial charge in [-0.2, -0.15) is 0 Å². The van der Waals surface area contributed by atoms with Crippen LogP contribution in [0.1, 0.15) is 27.7 Å². The molecule has 0 fully saturated rings. The number of nitrogens with two attached hydrogens (primary N) is 1. The van der Waals surface area contributed by atoms with Crippen LogP contribution in [0.25, 0.3) is 0 Å². The second kappa shape index (κ2) is 8.43. The summed E-state index contributed by atoms with van der Waals surface area (Å²) in [6.45, 7) is 9.98. The Hall–Kier alpha value is 0.274. The van der Waals surface area contributed by atoms with E-state index in [1.54, 1.807) is 0 Å². The maximum atomic E-state index is 5.78. The number of hydrogen-bond acceptors (Lipinski definition) is 4. The first-order valence-electron chi connectivity index (χ1n) is 5.77. The summed E-state index contributed by atoms with van der Waals surface area (Å²) in [5.41, 5.74) is 5.78. The summed E-state index contributed by atoms with van der Waals surface area (Å²) < 4.78 is 17.3. The fourth-order valence-electron chi connectivity index (χ4n) is 1.41. The molecular weight excluding hydrogens is 226 g/mol. The normalized spacial score (nSPS) is 15.0. The van der Waals surface area contributed by atoms with Crippen molar-refractivity contribution in [2.24, 2.45) is 5.73 Å². The highest BCUT2D eigenvalue weighted by atomic mass is 29.2. The predicted octanol–water partition coefficient (Wildman–Crippen LogP) is 0.466. The molecule has 0 rings (SSSR count). The van der Waals surface area contributed by atoms with E-state index < -0.39 is 17.4 Å². The largest absolute Gasteiger partial charge is 0.462 e. The molecular formula is C9H25NO3Si2. The van der Waals surface area contributed by atoms with Gasteiger partial charge in [0.2, 0.25) is 0 Å². The summed E-state index contributed by atoms with van der Waals surface area (Å²) in [5.74, 6) is 0. The smallest absolute Gasteiger partial charge is 0.377 e. The molecule has 0 radical (unpaired) electrons. The molecule has 0 saturated heterocycles. The molecule has 0 aliphatic rings. The summed E-state index contributed by atoms with van der Waals surface area (Å²) in [7, 11) is -2.81. The minimum absolute atomic E-state index is 0.227. The monoisotopic (exact) mass is 251 g/mol. The molecule has 0 bridgehead atoms. The van der Waals surface area contributed by atoms with Crippen molar-refractivity contribution < 1.29 is 13.3 Å². The summed E-state index contributed by atoms with van der Waals surface area (Å²) in [5, 5.41) is 0. The van der Waals surface area contributed by atoms with Crippen molar-refractivity contribution in [2.75, 3.05) is 19.8 Å². The van der Waals surface area contributed by atoms with Gasteiger partial charge in [-0.1, -0.05) is 6.92 Å². The second-order valence-electron chi connectivity index (χ2n) is 3.50. The van der Waals surface area contributed by atoms with Crippen LogP contribution in [0.2, 0.25) is 6.04 Å². The lowest BCUT2D eigenvalue weighted by atomic mass is 10.4. The number of rotatable bonds is 9. The Morgan fingerprint density at radius 2 is 1.47 bits per heavy atom. The average Bonchev–Trinajstić information content (AvgIpc) is 2.16. The van der Waals surface area contributed by atoms with Crippen molar-refractivity contribution in [3.8, 4) is 0 Å². The van der Waals surface area contributed by atoms with Gasteiger partial charge >= 0.3 is 8.32 Å². The van der Waals surface area contributed by atoms with E-state index in [4.69, 9.17) is 19.0 Å². The molecule has 1 atom stereocenters. The standard InChI is InChI=1S/C9H25NO3Si2/c1-5-11-15(12-6-2,13-7-3)14-8-9(4)10/h9H,5-8,10,14H2,1-4H3. The van der Waals surface area contributed by atoms with Gasteiger partial charge in [-0.15, -0.1) is 0 Å². The average molecular weight is 251 g/mol. The van der Waals surface area contributed by atoms with Crippen LogP contribution < -0.4 is 5.73 Å². The van der Waals surface area contributed by atoms with Gasteiger partial charge in [-0.3, -0.25) is 0 Å². The molecule has 0 spiro atoms. The zero-order valence-electron chi connectivity index (χ0n) is 10.4. The summed E-state index contributed by atoms with van der Waals surface area (Å²) >= 11 is 0. The summed E-state index contributed by atoms with van der Waals surface area (Å²) in [4.78, 5) is 0. The molecule has 15 heavy (non-hydrogen) atoms. The van der Waals surface area contributed by atoms with Crippen LogP contribution in [0.4, 0.5) is 0 Å². The van der Waals surface area contributed by atoms with Crippen LogP contribution >= 0.6 is 0 Å². The van der Waals surface area contributed by atoms with Crippen molar-refractivity contribution in [1.29, 1.82) is 0 Å². The van der Waals surface area contributed by atoms with Crippen molar-refractivity contribution in [1.82, 2.24) is 0 Å². The highest BCUT2D eigenvalue weighted by Crippen LogP contribution is 2.10. The Balaban J connectivity index is 4.31. The van der Waals surface area contributed by atoms with Gasteiger partial charge in [0, 0.05) is 19.8 Å². The highest BCUT2D eigenvalue weighted by Gasteiger charge is 2.39. The van der Waals surface area contributed by atoms with Crippen LogP contribution in [0.3, 0.4) is 0 Å². The minimum Gasteiger partial charge on any atom is -0.377 e. The number of hydrogen-bond donors (Lipinski definition) is 1. The van der Waals surface area contributed by atoms with E-state index in [9.17, 15) is 0 Å². The summed E-state index contributed by atoms with van der Waals surface area (Å²) in [6, 6.07) is 1.25. The Labute approximate surface area is 96.5 Å². The van der Waals surface area contributed by atoms with Gasteiger partial charge in [0.15, 0.2) is 0 Å². The van der Waals surface area contributed by atoms with Gasteiger partial charge in [0.05, 0.1) is 0 Å². The Morgan fingerprint density at radius 3 is 1.73 bits per heavy atom. The first-order valence-corrected chi connectivity index (χ1v) is 10.8. The third kappa shape index (κ3) is 6.44. The molecule has 2 N–H and O–H groups in total. The molecule has 0 aromatic carbocycles. The first-order chi connectivity index (χ1) is 7.10. The zero-order valence-corrected chi connectivity index (χ0v) is 12.8. The fraction of sp³-hybridized carbons (Fsp3) is 1.00. The lowest BCUT2D eigenvalue weighted by molar-refractivity contribution is 0.0928. The quantitative estimate of drug-likeness (QED) is 0.605. The maximum Gasteiger partial charge on any atom is 0.462 e. The van der Waals surface area contributed by atoms with Crippen LogP contribution in [0.5, 0.6) is 0 Å². The molecule has 0 amide bonds. The Bertz CT molecular complexity index is 141. The topological polar surface area (TPSA) is 53.7 Å². The molecule has 0 aliphatic carbocycles. The maximum absolute atomic E-state index is 5.78. The van der Waals surface area contributed by atoms with Crippen molar-refractivity contribution in [3.05, 3.63) is 0 Å². The zero-order chi connectivity index (χ0) is 11.7. The van der Waals surface area contributed by atoms with E-state index >= 15 is 0 Å². The molecule has 6 heteroatoms. The lowest BCUT2D eigenvalue weighted by Gasteiger charge is -2.29. The Morgan fingerprint density at radius 1 is 1.07 bits per heavy atom. The van der Waals surface area contributed by atoms with Crippen molar-refractivity contribution in [3.63, 3.8) is 0 Å².